The van der Waals surface area contributed by atoms with Crippen molar-refractivity contribution in [3.8, 4) is 17.1 Å². The topological polar surface area (TPSA) is 101 Å². The van der Waals surface area contributed by atoms with Gasteiger partial charge in [-0.25, -0.2) is 18.2 Å². The number of anilines is 2. The number of likely N-dealkylation sites (N-methyl/N-ethyl adjacent to an activating group) is 2. The SMILES string of the molecule is C=CC(=O)N1CC[C@@H](N(C)c2nc(OCC3C[C@@H](F)CN3C)nc3c(F)c(-c4ccc(F)c5sc(N)nc45)c(C(F)(F)F)cc23)C1. The molecule has 6 rings (SSSR count). The van der Waals surface area contributed by atoms with Crippen LogP contribution in [0.4, 0.5) is 37.3 Å². The van der Waals surface area contributed by atoms with Crippen molar-refractivity contribution in [2.24, 2.45) is 0 Å². The van der Waals surface area contributed by atoms with Crippen LogP contribution >= 0.6 is 11.3 Å². The molecular weight excluding hydrogens is 636 g/mol. The molecule has 244 valence electrons. The standard InChI is InChI=1S/C30H29F6N7O2S/c1-4-21(44)43-8-7-15(12-43)42(3)27-18-10-19(30(34,35)36)22(17-5-6-20(32)26-25(17)38-28(37)46-26)23(33)24(18)39-29(40-27)45-13-16-9-14(31)11-41(16)2/h4-6,10,14-16H,1,7-9,11-13H2,2-3H3,(H2,37,38)/t14-,15-,16?/m1/s1. The molecular formula is C30H29F6N7O2S. The number of ether oxygens (including phenoxy) is 1. The third-order valence-electron chi connectivity index (χ3n) is 8.55. The average molecular weight is 666 g/mol. The number of hydrogen-bond acceptors (Lipinski definition) is 9. The van der Waals surface area contributed by atoms with Crippen LogP contribution in [0.25, 0.3) is 32.2 Å². The first kappa shape index (κ1) is 31.8. The molecule has 2 aliphatic heterocycles. The van der Waals surface area contributed by atoms with Gasteiger partial charge in [-0.1, -0.05) is 17.9 Å². The summed E-state index contributed by atoms with van der Waals surface area (Å²) < 4.78 is 95.2. The average Bonchev–Trinajstić information content (AvgIpc) is 3.73. The highest BCUT2D eigenvalue weighted by Gasteiger charge is 2.39. The van der Waals surface area contributed by atoms with Gasteiger partial charge in [0.1, 0.15) is 29.9 Å². The van der Waals surface area contributed by atoms with E-state index in [0.29, 0.717) is 13.0 Å². The van der Waals surface area contributed by atoms with E-state index in [1.807, 2.05) is 0 Å². The molecule has 0 aliphatic carbocycles. The summed E-state index contributed by atoms with van der Waals surface area (Å²) in [6, 6.07) is 1.66. The third kappa shape index (κ3) is 5.68. The first-order valence-corrected chi connectivity index (χ1v) is 15.2. The fraction of sp³-hybridized carbons (Fsp3) is 0.400. The highest BCUT2D eigenvalue weighted by atomic mass is 32.1. The lowest BCUT2D eigenvalue weighted by Gasteiger charge is -2.28. The normalized spacial score (nSPS) is 20.6. The van der Waals surface area contributed by atoms with E-state index < -0.39 is 46.7 Å². The highest BCUT2D eigenvalue weighted by molar-refractivity contribution is 7.22. The molecule has 2 fully saturated rings. The second-order valence-electron chi connectivity index (χ2n) is 11.4. The molecule has 4 aromatic rings. The van der Waals surface area contributed by atoms with Gasteiger partial charge in [0.25, 0.3) is 0 Å². The number of nitrogens with two attached hydrogens (primary N) is 1. The summed E-state index contributed by atoms with van der Waals surface area (Å²) in [6.07, 6.45) is -4.31. The van der Waals surface area contributed by atoms with Crippen LogP contribution in [0.2, 0.25) is 0 Å². The molecule has 2 aliphatic rings. The molecule has 2 aromatic heterocycles. The number of hydrogen-bond donors (Lipinski definition) is 1. The predicted octanol–water partition coefficient (Wildman–Crippen LogP) is 5.43. The molecule has 2 saturated heterocycles. The number of likely N-dealkylation sites (tertiary alicyclic amines) is 2. The molecule has 1 amide bonds. The van der Waals surface area contributed by atoms with E-state index in [4.69, 9.17) is 10.5 Å². The van der Waals surface area contributed by atoms with E-state index in [2.05, 4.69) is 21.5 Å². The van der Waals surface area contributed by atoms with Gasteiger partial charge in [-0.3, -0.25) is 9.69 Å². The molecule has 4 heterocycles. The number of aromatic nitrogens is 3. The molecule has 2 N–H and O–H groups in total. The Labute approximate surface area is 263 Å². The Morgan fingerprint density at radius 2 is 1.98 bits per heavy atom. The summed E-state index contributed by atoms with van der Waals surface area (Å²) in [6.45, 7) is 4.24. The van der Waals surface area contributed by atoms with Crippen molar-refractivity contribution in [2.45, 2.75) is 37.3 Å². The Balaban J connectivity index is 1.54. The zero-order valence-electron chi connectivity index (χ0n) is 24.7. The molecule has 9 nitrogen and oxygen atoms in total. The number of fused-ring (bicyclic) bond motifs is 2. The minimum atomic E-state index is -5.06. The molecule has 2 aromatic carbocycles. The van der Waals surface area contributed by atoms with Crippen molar-refractivity contribution in [3.63, 3.8) is 0 Å². The number of amides is 1. The monoisotopic (exact) mass is 665 g/mol. The lowest BCUT2D eigenvalue weighted by molar-refractivity contribution is -0.137. The van der Waals surface area contributed by atoms with Gasteiger partial charge in [-0.2, -0.15) is 23.1 Å². The molecule has 3 atom stereocenters. The Bertz CT molecular complexity index is 1850. The maximum atomic E-state index is 16.7. The summed E-state index contributed by atoms with van der Waals surface area (Å²) in [5.74, 6) is -2.47. The van der Waals surface area contributed by atoms with Crippen LogP contribution in [0.3, 0.4) is 0 Å². The van der Waals surface area contributed by atoms with Crippen molar-refractivity contribution in [2.75, 3.05) is 51.0 Å². The number of carbonyl (C=O) groups is 1. The first-order valence-electron chi connectivity index (χ1n) is 14.3. The summed E-state index contributed by atoms with van der Waals surface area (Å²) in [5.41, 5.74) is 2.51. The van der Waals surface area contributed by atoms with Crippen LogP contribution < -0.4 is 15.4 Å². The van der Waals surface area contributed by atoms with Crippen molar-refractivity contribution in [1.29, 1.82) is 0 Å². The Hall–Kier alpha value is -4.18. The number of nitrogens with zero attached hydrogens (tertiary/aromatic N) is 6. The van der Waals surface area contributed by atoms with Crippen molar-refractivity contribution >= 4 is 49.3 Å². The number of alkyl halides is 4. The van der Waals surface area contributed by atoms with Crippen LogP contribution in [0.1, 0.15) is 18.4 Å². The number of rotatable bonds is 7. The number of nitrogen functional groups attached to an aromatic ring is 1. The Morgan fingerprint density at radius 1 is 1.22 bits per heavy atom. The second-order valence-corrected chi connectivity index (χ2v) is 12.5. The summed E-state index contributed by atoms with van der Waals surface area (Å²) in [5, 5.41) is -0.360. The summed E-state index contributed by atoms with van der Waals surface area (Å²) >= 11 is 0.727. The Morgan fingerprint density at radius 3 is 2.65 bits per heavy atom. The maximum absolute atomic E-state index is 16.7. The van der Waals surface area contributed by atoms with E-state index in [1.54, 1.807) is 23.9 Å². The van der Waals surface area contributed by atoms with Crippen LogP contribution in [-0.2, 0) is 11.0 Å². The van der Waals surface area contributed by atoms with Crippen LogP contribution in [0, 0.1) is 11.6 Å². The molecule has 0 saturated carbocycles. The lowest BCUT2D eigenvalue weighted by atomic mass is 9.95. The van der Waals surface area contributed by atoms with E-state index in [0.717, 1.165) is 29.5 Å². The summed E-state index contributed by atoms with van der Waals surface area (Å²) in [4.78, 5) is 29.7. The van der Waals surface area contributed by atoms with E-state index in [-0.39, 0.29) is 76.2 Å². The van der Waals surface area contributed by atoms with E-state index in [1.165, 1.54) is 11.0 Å². The Kier molecular flexibility index (Phi) is 8.21. The fourth-order valence-electron chi connectivity index (χ4n) is 6.14. The quantitative estimate of drug-likeness (QED) is 0.206. The largest absolute Gasteiger partial charge is 0.462 e. The minimum Gasteiger partial charge on any atom is -0.462 e. The van der Waals surface area contributed by atoms with Gasteiger partial charge in [0.15, 0.2) is 10.9 Å². The van der Waals surface area contributed by atoms with Gasteiger partial charge in [0, 0.05) is 55.3 Å². The van der Waals surface area contributed by atoms with Crippen LogP contribution in [-0.4, -0.2) is 89.3 Å². The van der Waals surface area contributed by atoms with Crippen molar-refractivity contribution in [1.82, 2.24) is 24.8 Å². The highest BCUT2D eigenvalue weighted by Crippen LogP contribution is 2.46. The molecule has 0 bridgehead atoms. The predicted molar refractivity (Wildman–Crippen MR) is 162 cm³/mol. The van der Waals surface area contributed by atoms with E-state index in [9.17, 15) is 26.7 Å². The lowest BCUT2D eigenvalue weighted by Crippen LogP contribution is -2.37. The molecule has 46 heavy (non-hydrogen) atoms. The van der Waals surface area contributed by atoms with Crippen LogP contribution in [0.5, 0.6) is 6.01 Å². The van der Waals surface area contributed by atoms with Crippen LogP contribution in [0.15, 0.2) is 30.9 Å². The van der Waals surface area contributed by atoms with Crippen molar-refractivity contribution < 1.29 is 35.9 Å². The summed E-state index contributed by atoms with van der Waals surface area (Å²) in [7, 11) is 3.31. The van der Waals surface area contributed by atoms with Gasteiger partial charge in [-0.05, 0) is 44.2 Å². The second kappa shape index (κ2) is 11.9. The van der Waals surface area contributed by atoms with Gasteiger partial charge in [0.05, 0.1) is 15.8 Å². The van der Waals surface area contributed by atoms with Gasteiger partial charge >= 0.3 is 12.2 Å². The number of carbonyl (C=O) groups excluding carboxylic acids is 1. The molecule has 16 heteroatoms. The van der Waals surface area contributed by atoms with Gasteiger partial charge in [0.2, 0.25) is 5.91 Å². The number of halogens is 6. The van der Waals surface area contributed by atoms with Gasteiger partial charge < -0.3 is 20.3 Å². The molecule has 1 unspecified atom stereocenters. The molecule has 0 radical (unpaired) electrons. The smallest absolute Gasteiger partial charge is 0.417 e. The first-order chi connectivity index (χ1) is 21.8. The fourth-order valence-corrected chi connectivity index (χ4v) is 6.91. The third-order valence-corrected chi connectivity index (χ3v) is 9.44. The minimum absolute atomic E-state index is 0.0532. The maximum Gasteiger partial charge on any atom is 0.417 e. The van der Waals surface area contributed by atoms with Crippen molar-refractivity contribution in [3.05, 3.63) is 48.1 Å². The number of thiazole rings is 1. The van der Waals surface area contributed by atoms with Gasteiger partial charge in [-0.15, -0.1) is 0 Å². The molecule has 0 spiro atoms. The van der Waals surface area contributed by atoms with E-state index >= 15 is 4.39 Å². The number of benzene rings is 2. The zero-order valence-corrected chi connectivity index (χ0v) is 25.6. The zero-order chi connectivity index (χ0) is 33.1.